The van der Waals surface area contributed by atoms with Crippen molar-refractivity contribution in [1.29, 1.82) is 0 Å². The molecule has 0 spiro atoms. The largest absolute Gasteiger partial charge is 0.490 e. The van der Waals surface area contributed by atoms with Gasteiger partial charge in [0.15, 0.2) is 0 Å². The average Bonchev–Trinajstić information content (AvgIpc) is 2.46. The fraction of sp³-hybridized carbons (Fsp3) is 0.267. The Bertz CT molecular complexity index is 489. The Morgan fingerprint density at radius 3 is 2.53 bits per heavy atom. The third-order valence-electron chi connectivity index (χ3n) is 2.43. The highest BCUT2D eigenvalue weighted by Gasteiger charge is 1.98. The molecule has 0 atom stereocenters. The molecule has 2 rings (SSSR count). The van der Waals surface area contributed by atoms with E-state index in [9.17, 15) is 0 Å². The van der Waals surface area contributed by atoms with Gasteiger partial charge in [-0.25, -0.2) is 0 Å². The molecule has 1 heterocycles. The smallest absolute Gasteiger partial charge is 0.215 e. The highest BCUT2D eigenvalue weighted by atomic mass is 16.5. The summed E-state index contributed by atoms with van der Waals surface area (Å²) in [5, 5.41) is 3.14. The molecule has 0 aliphatic rings. The number of anilines is 1. The lowest BCUT2D eigenvalue weighted by atomic mass is 10.3. The third-order valence-corrected chi connectivity index (χ3v) is 2.43. The fourth-order valence-corrected chi connectivity index (χ4v) is 1.60. The van der Waals surface area contributed by atoms with Crippen LogP contribution in [-0.2, 0) is 0 Å². The van der Waals surface area contributed by atoms with Crippen LogP contribution in [0.3, 0.4) is 0 Å². The molecule has 0 amide bonds. The molecule has 4 nitrogen and oxygen atoms in total. The van der Waals surface area contributed by atoms with Gasteiger partial charge in [0.1, 0.15) is 24.8 Å². The normalized spacial score (nSPS) is 9.95. The molecule has 0 bridgehead atoms. The molecule has 1 aromatic carbocycles. The first-order chi connectivity index (χ1) is 9.38. The van der Waals surface area contributed by atoms with E-state index in [0.717, 1.165) is 18.1 Å². The van der Waals surface area contributed by atoms with E-state index >= 15 is 0 Å². The summed E-state index contributed by atoms with van der Waals surface area (Å²) in [6.07, 6.45) is 0. The standard InChI is InChI=1S/C15H18N2O2/c1-2-16-14-9-6-10-15(17-14)19-12-11-18-13-7-4-3-5-8-13/h3-10H,2,11-12H2,1H3,(H,16,17). The zero-order chi connectivity index (χ0) is 13.3. The third kappa shape index (κ3) is 4.50. The molecular formula is C15H18N2O2. The van der Waals surface area contributed by atoms with Crippen molar-refractivity contribution >= 4 is 5.82 Å². The van der Waals surface area contributed by atoms with Gasteiger partial charge < -0.3 is 14.8 Å². The summed E-state index contributed by atoms with van der Waals surface area (Å²) in [7, 11) is 0. The van der Waals surface area contributed by atoms with Crippen LogP contribution in [0.5, 0.6) is 11.6 Å². The summed E-state index contributed by atoms with van der Waals surface area (Å²) in [6.45, 7) is 3.84. The quantitative estimate of drug-likeness (QED) is 0.775. The van der Waals surface area contributed by atoms with Crippen molar-refractivity contribution in [2.24, 2.45) is 0 Å². The average molecular weight is 258 g/mol. The monoisotopic (exact) mass is 258 g/mol. The number of hydrogen-bond acceptors (Lipinski definition) is 4. The Morgan fingerprint density at radius 2 is 1.74 bits per heavy atom. The van der Waals surface area contributed by atoms with Crippen LogP contribution in [0.25, 0.3) is 0 Å². The van der Waals surface area contributed by atoms with Crippen molar-refractivity contribution in [1.82, 2.24) is 4.98 Å². The lowest BCUT2D eigenvalue weighted by Crippen LogP contribution is -2.10. The second-order valence-electron chi connectivity index (χ2n) is 3.90. The maximum Gasteiger partial charge on any atom is 0.215 e. The Kier molecular flexibility index (Phi) is 5.05. The molecule has 19 heavy (non-hydrogen) atoms. The number of nitrogens with one attached hydrogen (secondary N) is 1. The topological polar surface area (TPSA) is 43.4 Å². The number of hydrogen-bond donors (Lipinski definition) is 1. The van der Waals surface area contributed by atoms with Gasteiger partial charge in [-0.2, -0.15) is 4.98 Å². The molecule has 0 fully saturated rings. The molecule has 1 N–H and O–H groups in total. The van der Waals surface area contributed by atoms with Crippen molar-refractivity contribution in [2.45, 2.75) is 6.92 Å². The predicted octanol–water partition coefficient (Wildman–Crippen LogP) is 2.97. The van der Waals surface area contributed by atoms with Crippen LogP contribution in [0, 0.1) is 0 Å². The van der Waals surface area contributed by atoms with Crippen LogP contribution in [0.2, 0.25) is 0 Å². The first-order valence-corrected chi connectivity index (χ1v) is 6.40. The lowest BCUT2D eigenvalue weighted by Gasteiger charge is -2.09. The van der Waals surface area contributed by atoms with E-state index in [4.69, 9.17) is 9.47 Å². The maximum atomic E-state index is 5.54. The number of para-hydroxylation sites is 1. The van der Waals surface area contributed by atoms with Crippen molar-refractivity contribution in [3.63, 3.8) is 0 Å². The Morgan fingerprint density at radius 1 is 0.947 bits per heavy atom. The molecule has 0 saturated heterocycles. The highest BCUT2D eigenvalue weighted by Crippen LogP contribution is 2.11. The molecule has 100 valence electrons. The van der Waals surface area contributed by atoms with Gasteiger partial charge >= 0.3 is 0 Å². The van der Waals surface area contributed by atoms with E-state index in [1.807, 2.05) is 55.5 Å². The minimum Gasteiger partial charge on any atom is -0.490 e. The van der Waals surface area contributed by atoms with E-state index in [-0.39, 0.29) is 0 Å². The zero-order valence-electron chi connectivity index (χ0n) is 11.0. The molecule has 2 aromatic rings. The fourth-order valence-electron chi connectivity index (χ4n) is 1.60. The number of benzene rings is 1. The van der Waals surface area contributed by atoms with Gasteiger partial charge in [-0.15, -0.1) is 0 Å². The van der Waals surface area contributed by atoms with Crippen molar-refractivity contribution in [2.75, 3.05) is 25.1 Å². The Balaban J connectivity index is 1.75. The van der Waals surface area contributed by atoms with Crippen LogP contribution >= 0.6 is 0 Å². The molecule has 0 aliphatic carbocycles. The van der Waals surface area contributed by atoms with Crippen molar-refractivity contribution in [3.8, 4) is 11.6 Å². The van der Waals surface area contributed by atoms with Gasteiger partial charge in [0.25, 0.3) is 0 Å². The van der Waals surface area contributed by atoms with E-state index < -0.39 is 0 Å². The number of rotatable bonds is 7. The van der Waals surface area contributed by atoms with Gasteiger partial charge in [0.2, 0.25) is 5.88 Å². The molecule has 0 aliphatic heterocycles. The Labute approximate surface area is 113 Å². The minimum absolute atomic E-state index is 0.470. The number of aromatic nitrogens is 1. The van der Waals surface area contributed by atoms with Crippen molar-refractivity contribution < 1.29 is 9.47 Å². The van der Waals surface area contributed by atoms with E-state index in [1.165, 1.54) is 0 Å². The predicted molar refractivity (Wildman–Crippen MR) is 75.8 cm³/mol. The summed E-state index contributed by atoms with van der Waals surface area (Å²) in [5.74, 6) is 2.28. The maximum absolute atomic E-state index is 5.54. The summed E-state index contributed by atoms with van der Waals surface area (Å²) in [6, 6.07) is 15.3. The molecular weight excluding hydrogens is 240 g/mol. The van der Waals surface area contributed by atoms with Crippen molar-refractivity contribution in [3.05, 3.63) is 48.5 Å². The zero-order valence-corrected chi connectivity index (χ0v) is 11.0. The number of ether oxygens (including phenoxy) is 2. The Hall–Kier alpha value is -2.23. The first-order valence-electron chi connectivity index (χ1n) is 6.40. The second-order valence-corrected chi connectivity index (χ2v) is 3.90. The lowest BCUT2D eigenvalue weighted by molar-refractivity contribution is 0.212. The minimum atomic E-state index is 0.470. The van der Waals surface area contributed by atoms with Crippen LogP contribution in [-0.4, -0.2) is 24.7 Å². The van der Waals surface area contributed by atoms with Gasteiger partial charge in [0, 0.05) is 12.6 Å². The van der Waals surface area contributed by atoms with Gasteiger partial charge in [0.05, 0.1) is 0 Å². The molecule has 0 saturated carbocycles. The molecule has 4 heteroatoms. The molecule has 0 radical (unpaired) electrons. The van der Waals surface area contributed by atoms with E-state index in [0.29, 0.717) is 19.1 Å². The van der Waals surface area contributed by atoms with Crippen LogP contribution in [0.15, 0.2) is 48.5 Å². The van der Waals surface area contributed by atoms with Crippen LogP contribution in [0.4, 0.5) is 5.82 Å². The summed E-state index contributed by atoms with van der Waals surface area (Å²) in [4.78, 5) is 4.32. The number of pyridine rings is 1. The summed E-state index contributed by atoms with van der Waals surface area (Å²) < 4.78 is 11.1. The SMILES string of the molecule is CCNc1cccc(OCCOc2ccccc2)n1. The molecule has 0 unspecified atom stereocenters. The summed E-state index contributed by atoms with van der Waals surface area (Å²) in [5.41, 5.74) is 0. The van der Waals surface area contributed by atoms with Crippen LogP contribution < -0.4 is 14.8 Å². The van der Waals surface area contributed by atoms with Gasteiger partial charge in [-0.3, -0.25) is 0 Å². The highest BCUT2D eigenvalue weighted by molar-refractivity contribution is 5.36. The second kappa shape index (κ2) is 7.26. The summed E-state index contributed by atoms with van der Waals surface area (Å²) >= 11 is 0. The van der Waals surface area contributed by atoms with E-state index in [2.05, 4.69) is 10.3 Å². The number of nitrogens with zero attached hydrogens (tertiary/aromatic N) is 1. The first kappa shape index (κ1) is 13.2. The van der Waals surface area contributed by atoms with Gasteiger partial charge in [-0.05, 0) is 25.1 Å². The van der Waals surface area contributed by atoms with E-state index in [1.54, 1.807) is 0 Å². The molecule has 1 aromatic heterocycles. The van der Waals surface area contributed by atoms with Gasteiger partial charge in [-0.1, -0.05) is 24.3 Å². The van der Waals surface area contributed by atoms with Crippen LogP contribution in [0.1, 0.15) is 6.92 Å².